The first-order valence-electron chi connectivity index (χ1n) is 9.19. The molecule has 0 saturated heterocycles. The number of pyridine rings is 1. The van der Waals surface area contributed by atoms with Crippen molar-refractivity contribution in [3.63, 3.8) is 0 Å². The fourth-order valence-corrected chi connectivity index (χ4v) is 3.14. The van der Waals surface area contributed by atoms with E-state index in [1.54, 1.807) is 4.68 Å². The molecule has 0 aliphatic heterocycles. The van der Waals surface area contributed by atoms with Gasteiger partial charge in [0.25, 0.3) is 5.91 Å². The number of nitrogens with one attached hydrogen (secondary N) is 1. The molecule has 8 heteroatoms. The molecule has 0 radical (unpaired) electrons. The molecule has 6 nitrogen and oxygen atoms in total. The molecule has 3 rings (SSSR count). The van der Waals surface area contributed by atoms with Crippen LogP contribution in [0.4, 0.5) is 0 Å². The van der Waals surface area contributed by atoms with Crippen LogP contribution in [0.15, 0.2) is 36.4 Å². The minimum atomic E-state index is -0.490. The lowest BCUT2D eigenvalue weighted by Crippen LogP contribution is -2.55. The summed E-state index contributed by atoms with van der Waals surface area (Å²) >= 11 is 0. The lowest BCUT2D eigenvalue weighted by Gasteiger charge is -2.33. The van der Waals surface area contributed by atoms with E-state index in [2.05, 4.69) is 24.3 Å². The maximum absolute atomic E-state index is 13.3. The van der Waals surface area contributed by atoms with E-state index >= 15 is 0 Å². The van der Waals surface area contributed by atoms with Crippen molar-refractivity contribution in [1.29, 1.82) is 0 Å². The Labute approximate surface area is 184 Å². The van der Waals surface area contributed by atoms with Crippen LogP contribution in [0.5, 0.6) is 0 Å². The lowest BCUT2D eigenvalue weighted by atomic mass is 9.88. The number of rotatable bonds is 5. The first kappa shape index (κ1) is 24.9. The van der Waals surface area contributed by atoms with E-state index in [4.69, 9.17) is 10.7 Å². The molecule has 0 spiro atoms. The van der Waals surface area contributed by atoms with Gasteiger partial charge in [0.2, 0.25) is 0 Å². The van der Waals surface area contributed by atoms with E-state index in [1.807, 2.05) is 57.3 Å². The summed E-state index contributed by atoms with van der Waals surface area (Å²) in [7, 11) is 1.84. The molecule has 2 heterocycles. The van der Waals surface area contributed by atoms with Crippen LogP contribution >= 0.6 is 24.8 Å². The predicted molar refractivity (Wildman–Crippen MR) is 123 cm³/mol. The van der Waals surface area contributed by atoms with Gasteiger partial charge in [0.15, 0.2) is 5.65 Å². The van der Waals surface area contributed by atoms with Gasteiger partial charge < -0.3 is 11.1 Å². The number of hydrogen-bond donors (Lipinski definition) is 2. The van der Waals surface area contributed by atoms with Crippen molar-refractivity contribution in [2.24, 2.45) is 18.7 Å². The maximum atomic E-state index is 13.3. The Hall–Kier alpha value is -2.15. The smallest absolute Gasteiger partial charge is 0.252 e. The molecule has 0 aliphatic carbocycles. The summed E-state index contributed by atoms with van der Waals surface area (Å²) in [5.74, 6) is 0.0460. The molecule has 1 atom stereocenters. The minimum absolute atomic E-state index is 0. The third-order valence-electron chi connectivity index (χ3n) is 5.38. The molecular formula is C21H29Cl2N5O. The normalized spacial score (nSPS) is 12.8. The second kappa shape index (κ2) is 9.57. The van der Waals surface area contributed by atoms with Gasteiger partial charge in [0, 0.05) is 19.2 Å². The minimum Gasteiger partial charge on any atom is -0.345 e. The molecule has 158 valence electrons. The van der Waals surface area contributed by atoms with Crippen LogP contribution in [-0.4, -0.2) is 32.8 Å². The first-order chi connectivity index (χ1) is 12.8. The highest BCUT2D eigenvalue weighted by molar-refractivity contribution is 6.07. The van der Waals surface area contributed by atoms with Crippen molar-refractivity contribution < 1.29 is 4.79 Å². The fourth-order valence-electron chi connectivity index (χ4n) is 3.14. The maximum Gasteiger partial charge on any atom is 0.252 e. The molecule has 0 aliphatic rings. The van der Waals surface area contributed by atoms with Crippen LogP contribution in [0.1, 0.15) is 36.8 Å². The summed E-state index contributed by atoms with van der Waals surface area (Å²) in [6.45, 7) is 8.35. The number of benzene rings is 1. The van der Waals surface area contributed by atoms with E-state index in [1.165, 1.54) is 0 Å². The lowest BCUT2D eigenvalue weighted by molar-refractivity contribution is 0.0885. The fraction of sp³-hybridized carbons (Fsp3) is 0.381. The number of aromatic nitrogens is 3. The van der Waals surface area contributed by atoms with Crippen molar-refractivity contribution in [3.8, 4) is 11.3 Å². The summed E-state index contributed by atoms with van der Waals surface area (Å²) in [5.41, 5.74) is 9.22. The van der Waals surface area contributed by atoms with Gasteiger partial charge in [-0.2, -0.15) is 5.10 Å². The second-order valence-electron chi connectivity index (χ2n) is 7.56. The van der Waals surface area contributed by atoms with Gasteiger partial charge in [-0.05, 0) is 25.8 Å². The molecule has 0 bridgehead atoms. The number of nitrogens with zero attached hydrogens (tertiary/aromatic N) is 3. The molecule has 0 fully saturated rings. The first-order valence-corrected chi connectivity index (χ1v) is 9.19. The van der Waals surface area contributed by atoms with Gasteiger partial charge in [-0.3, -0.25) is 9.48 Å². The van der Waals surface area contributed by atoms with Crippen molar-refractivity contribution in [3.05, 3.63) is 47.7 Å². The zero-order valence-electron chi connectivity index (χ0n) is 17.4. The number of amides is 1. The Balaban J connectivity index is 0.00000210. The molecular weight excluding hydrogens is 409 g/mol. The standard InChI is InChI=1S/C21H27N5O.2ClH/c1-13(2)21(4,12-22)24-20(27)16-11-17(15-9-7-6-8-10-15)23-19-18(16)14(3)25-26(19)5;;/h6-11,13H,12,22H2,1-5H3,(H,24,27);2*1H. The van der Waals surface area contributed by atoms with Gasteiger partial charge in [-0.15, -0.1) is 24.8 Å². The van der Waals surface area contributed by atoms with Gasteiger partial charge in [-0.25, -0.2) is 4.98 Å². The van der Waals surface area contributed by atoms with Crippen molar-refractivity contribution in [2.75, 3.05) is 6.54 Å². The number of nitrogens with two attached hydrogens (primary N) is 1. The van der Waals surface area contributed by atoms with Gasteiger partial charge in [-0.1, -0.05) is 44.2 Å². The SMILES string of the molecule is Cc1nn(C)c2nc(-c3ccccc3)cc(C(=O)NC(C)(CN)C(C)C)c12.Cl.Cl. The van der Waals surface area contributed by atoms with Crippen LogP contribution in [-0.2, 0) is 7.05 Å². The monoisotopic (exact) mass is 437 g/mol. The number of halogens is 2. The number of carbonyl (C=O) groups excluding carboxylic acids is 1. The highest BCUT2D eigenvalue weighted by Gasteiger charge is 2.30. The predicted octanol–water partition coefficient (Wildman–Crippen LogP) is 3.89. The van der Waals surface area contributed by atoms with Crippen LogP contribution in [0.3, 0.4) is 0 Å². The van der Waals surface area contributed by atoms with Crippen LogP contribution in [0.2, 0.25) is 0 Å². The zero-order chi connectivity index (χ0) is 19.8. The number of aryl methyl sites for hydroxylation is 2. The van der Waals surface area contributed by atoms with Crippen molar-refractivity contribution >= 4 is 41.8 Å². The number of hydrogen-bond acceptors (Lipinski definition) is 4. The van der Waals surface area contributed by atoms with Crippen LogP contribution in [0.25, 0.3) is 22.3 Å². The van der Waals surface area contributed by atoms with Crippen molar-refractivity contribution in [2.45, 2.75) is 33.2 Å². The zero-order valence-corrected chi connectivity index (χ0v) is 19.0. The van der Waals surface area contributed by atoms with Gasteiger partial charge in [0.1, 0.15) is 0 Å². The third kappa shape index (κ3) is 4.71. The molecule has 1 unspecified atom stereocenters. The summed E-state index contributed by atoms with van der Waals surface area (Å²) < 4.78 is 1.72. The van der Waals surface area contributed by atoms with Crippen molar-refractivity contribution in [1.82, 2.24) is 20.1 Å². The highest BCUT2D eigenvalue weighted by atomic mass is 35.5. The molecule has 3 aromatic rings. The molecule has 2 aromatic heterocycles. The Bertz CT molecular complexity index is 988. The topological polar surface area (TPSA) is 85.8 Å². The van der Waals surface area contributed by atoms with Crippen LogP contribution < -0.4 is 11.1 Å². The van der Waals surface area contributed by atoms with Gasteiger partial charge >= 0.3 is 0 Å². The molecule has 29 heavy (non-hydrogen) atoms. The second-order valence-corrected chi connectivity index (χ2v) is 7.56. The van der Waals surface area contributed by atoms with E-state index in [-0.39, 0.29) is 36.6 Å². The quantitative estimate of drug-likeness (QED) is 0.633. The Kier molecular flexibility index (Phi) is 8.21. The average Bonchev–Trinajstić information content (AvgIpc) is 2.95. The summed E-state index contributed by atoms with van der Waals surface area (Å²) in [6, 6.07) is 11.7. The average molecular weight is 438 g/mol. The molecule has 3 N–H and O–H groups in total. The summed E-state index contributed by atoms with van der Waals surface area (Å²) in [5, 5.41) is 8.38. The summed E-state index contributed by atoms with van der Waals surface area (Å²) in [4.78, 5) is 18.0. The van der Waals surface area contributed by atoms with E-state index in [9.17, 15) is 4.79 Å². The Morgan fingerprint density at radius 1 is 1.24 bits per heavy atom. The van der Waals surface area contributed by atoms with E-state index < -0.39 is 5.54 Å². The van der Waals surface area contributed by atoms with E-state index in [0.29, 0.717) is 17.8 Å². The Morgan fingerprint density at radius 2 is 1.86 bits per heavy atom. The third-order valence-corrected chi connectivity index (χ3v) is 5.38. The molecule has 1 amide bonds. The highest BCUT2D eigenvalue weighted by Crippen LogP contribution is 2.27. The molecule has 0 saturated carbocycles. The number of carbonyl (C=O) groups is 1. The van der Waals surface area contributed by atoms with Gasteiger partial charge in [0.05, 0.1) is 27.9 Å². The molecule has 1 aromatic carbocycles. The Morgan fingerprint density at radius 3 is 2.41 bits per heavy atom. The number of fused-ring (bicyclic) bond motifs is 1. The largest absolute Gasteiger partial charge is 0.345 e. The summed E-state index contributed by atoms with van der Waals surface area (Å²) in [6.07, 6.45) is 0. The van der Waals surface area contributed by atoms with Crippen LogP contribution in [0, 0.1) is 12.8 Å². The van der Waals surface area contributed by atoms with E-state index in [0.717, 1.165) is 22.3 Å².